The smallest absolute Gasteiger partial charge is 0.249 e. The van der Waals surface area contributed by atoms with E-state index in [9.17, 15) is 0 Å². The Morgan fingerprint density at radius 3 is 2.67 bits per heavy atom. The minimum atomic E-state index is -0.781. The van der Waals surface area contributed by atoms with Crippen LogP contribution in [0.5, 0.6) is 0 Å². The van der Waals surface area contributed by atoms with Crippen LogP contribution in [-0.2, 0) is 0 Å². The van der Waals surface area contributed by atoms with Gasteiger partial charge in [0.2, 0.25) is 11.8 Å². The number of hydrogen-bond acceptors (Lipinski definition) is 3. The Kier molecular flexibility index (Phi) is 2.93. The fourth-order valence-corrected chi connectivity index (χ4v) is 1.39. The Labute approximate surface area is 97.0 Å². The Bertz CT molecular complexity index is 468. The van der Waals surface area contributed by atoms with Crippen LogP contribution in [0, 0.1) is 6.92 Å². The molecule has 0 radical (unpaired) electrons. The molecule has 1 aromatic carbocycles. The summed E-state index contributed by atoms with van der Waals surface area (Å²) in [5.74, 6) is 0.648. The largest absolute Gasteiger partial charge is 0.418 e. The van der Waals surface area contributed by atoms with Gasteiger partial charge in [0.15, 0.2) is 4.84 Å². The monoisotopic (exact) mass is 242 g/mol. The van der Waals surface area contributed by atoms with E-state index < -0.39 is 4.84 Å². The van der Waals surface area contributed by atoms with Crippen molar-refractivity contribution >= 4 is 23.2 Å². The van der Waals surface area contributed by atoms with Crippen molar-refractivity contribution in [1.82, 2.24) is 10.2 Å². The molecule has 3 nitrogen and oxygen atoms in total. The number of rotatable bonds is 2. The summed E-state index contributed by atoms with van der Waals surface area (Å²) >= 11 is 11.2. The van der Waals surface area contributed by atoms with E-state index in [1.807, 2.05) is 31.2 Å². The molecule has 0 saturated heterocycles. The van der Waals surface area contributed by atoms with Crippen LogP contribution in [0.1, 0.15) is 16.3 Å². The van der Waals surface area contributed by atoms with Crippen molar-refractivity contribution in [3.8, 4) is 11.5 Å². The van der Waals surface area contributed by atoms with E-state index in [1.165, 1.54) is 0 Å². The number of aryl methyl sites for hydroxylation is 1. The molecule has 78 valence electrons. The molecule has 2 aromatic rings. The molecule has 15 heavy (non-hydrogen) atoms. The van der Waals surface area contributed by atoms with E-state index in [2.05, 4.69) is 10.2 Å². The van der Waals surface area contributed by atoms with Crippen LogP contribution in [0.15, 0.2) is 28.7 Å². The Morgan fingerprint density at radius 2 is 2.07 bits per heavy atom. The van der Waals surface area contributed by atoms with Crippen LogP contribution in [0.3, 0.4) is 0 Å². The molecule has 0 spiro atoms. The Morgan fingerprint density at radius 1 is 1.27 bits per heavy atom. The van der Waals surface area contributed by atoms with Gasteiger partial charge in [-0.05, 0) is 19.1 Å². The third-order valence-electron chi connectivity index (χ3n) is 1.89. The topological polar surface area (TPSA) is 38.9 Å². The van der Waals surface area contributed by atoms with E-state index in [4.69, 9.17) is 27.6 Å². The maximum atomic E-state index is 5.60. The molecule has 0 aliphatic rings. The first-order chi connectivity index (χ1) is 7.16. The summed E-state index contributed by atoms with van der Waals surface area (Å²) in [6.07, 6.45) is 0. The average molecular weight is 243 g/mol. The molecular formula is C10H8Cl2N2O. The first-order valence-corrected chi connectivity index (χ1v) is 5.22. The lowest BCUT2D eigenvalue weighted by molar-refractivity contribution is 0.523. The maximum Gasteiger partial charge on any atom is 0.249 e. The standard InChI is InChI=1S/C10H8Cl2N2O/c1-6-3-2-4-7(5-6)9-13-14-10(15-9)8(11)12/h2-5,8H,1H3. The van der Waals surface area contributed by atoms with Crippen molar-refractivity contribution in [1.29, 1.82) is 0 Å². The normalized spacial score (nSPS) is 10.9. The molecule has 0 saturated carbocycles. The summed E-state index contributed by atoms with van der Waals surface area (Å²) in [6.45, 7) is 1.99. The summed E-state index contributed by atoms with van der Waals surface area (Å²) in [6, 6.07) is 7.76. The van der Waals surface area contributed by atoms with Crippen molar-refractivity contribution in [3.05, 3.63) is 35.7 Å². The molecule has 0 atom stereocenters. The fraction of sp³-hybridized carbons (Fsp3) is 0.200. The number of alkyl halides is 2. The second kappa shape index (κ2) is 4.21. The highest BCUT2D eigenvalue weighted by molar-refractivity contribution is 6.43. The molecule has 0 aliphatic carbocycles. The summed E-state index contributed by atoms with van der Waals surface area (Å²) in [5.41, 5.74) is 1.99. The minimum Gasteiger partial charge on any atom is -0.418 e. The predicted octanol–water partition coefficient (Wildman–Crippen LogP) is 3.52. The molecule has 0 amide bonds. The van der Waals surface area contributed by atoms with Gasteiger partial charge in [-0.3, -0.25) is 0 Å². The van der Waals surface area contributed by atoms with E-state index >= 15 is 0 Å². The minimum absolute atomic E-state index is 0.217. The van der Waals surface area contributed by atoms with Gasteiger partial charge < -0.3 is 4.42 Å². The molecule has 0 bridgehead atoms. The van der Waals surface area contributed by atoms with E-state index in [0.29, 0.717) is 5.89 Å². The van der Waals surface area contributed by atoms with Gasteiger partial charge in [0.05, 0.1) is 0 Å². The van der Waals surface area contributed by atoms with Crippen molar-refractivity contribution in [2.24, 2.45) is 0 Å². The van der Waals surface area contributed by atoms with Gasteiger partial charge in [-0.25, -0.2) is 0 Å². The molecule has 1 aromatic heterocycles. The van der Waals surface area contributed by atoms with Crippen LogP contribution in [0.4, 0.5) is 0 Å². The van der Waals surface area contributed by atoms with E-state index in [1.54, 1.807) is 0 Å². The van der Waals surface area contributed by atoms with Gasteiger partial charge in [-0.15, -0.1) is 10.2 Å². The Balaban J connectivity index is 2.37. The molecule has 0 unspecified atom stereocenters. The lowest BCUT2D eigenvalue weighted by Gasteiger charge is -1.96. The first kappa shape index (κ1) is 10.5. The van der Waals surface area contributed by atoms with Gasteiger partial charge in [-0.2, -0.15) is 0 Å². The van der Waals surface area contributed by atoms with Crippen LogP contribution in [-0.4, -0.2) is 10.2 Å². The zero-order valence-electron chi connectivity index (χ0n) is 7.95. The van der Waals surface area contributed by atoms with Crippen LogP contribution in [0.25, 0.3) is 11.5 Å². The average Bonchev–Trinajstić information content (AvgIpc) is 2.66. The molecule has 5 heteroatoms. The second-order valence-electron chi connectivity index (χ2n) is 3.12. The van der Waals surface area contributed by atoms with Gasteiger partial charge >= 0.3 is 0 Å². The van der Waals surface area contributed by atoms with Gasteiger partial charge in [0, 0.05) is 5.56 Å². The third kappa shape index (κ3) is 2.30. The molecule has 0 aliphatic heterocycles. The van der Waals surface area contributed by atoms with E-state index in [0.717, 1.165) is 11.1 Å². The highest BCUT2D eigenvalue weighted by atomic mass is 35.5. The molecule has 0 N–H and O–H groups in total. The van der Waals surface area contributed by atoms with Gasteiger partial charge in [0.25, 0.3) is 0 Å². The number of aromatic nitrogens is 2. The summed E-state index contributed by atoms with van der Waals surface area (Å²) < 4.78 is 5.30. The molecular weight excluding hydrogens is 235 g/mol. The van der Waals surface area contributed by atoms with Gasteiger partial charge in [0.1, 0.15) is 0 Å². The van der Waals surface area contributed by atoms with Crippen LogP contribution >= 0.6 is 23.2 Å². The number of halogens is 2. The molecule has 1 heterocycles. The number of benzene rings is 1. The highest BCUT2D eigenvalue weighted by Gasteiger charge is 2.13. The number of hydrogen-bond donors (Lipinski definition) is 0. The van der Waals surface area contributed by atoms with Crippen LogP contribution < -0.4 is 0 Å². The Hall–Kier alpha value is -1.06. The fourth-order valence-electron chi connectivity index (χ4n) is 1.22. The van der Waals surface area contributed by atoms with Crippen molar-refractivity contribution in [3.63, 3.8) is 0 Å². The lowest BCUT2D eigenvalue weighted by atomic mass is 10.1. The zero-order chi connectivity index (χ0) is 10.8. The van der Waals surface area contributed by atoms with Crippen molar-refractivity contribution in [2.45, 2.75) is 11.8 Å². The molecule has 2 rings (SSSR count). The maximum absolute atomic E-state index is 5.60. The highest BCUT2D eigenvalue weighted by Crippen LogP contribution is 2.26. The third-order valence-corrected chi connectivity index (χ3v) is 2.27. The van der Waals surface area contributed by atoms with Gasteiger partial charge in [-0.1, -0.05) is 40.9 Å². The number of nitrogens with zero attached hydrogens (tertiary/aromatic N) is 2. The second-order valence-corrected chi connectivity index (χ2v) is 4.21. The predicted molar refractivity (Wildman–Crippen MR) is 58.9 cm³/mol. The van der Waals surface area contributed by atoms with Crippen molar-refractivity contribution in [2.75, 3.05) is 0 Å². The van der Waals surface area contributed by atoms with Crippen LogP contribution in [0.2, 0.25) is 0 Å². The quantitative estimate of drug-likeness (QED) is 0.757. The summed E-state index contributed by atoms with van der Waals surface area (Å²) in [7, 11) is 0. The van der Waals surface area contributed by atoms with Crippen molar-refractivity contribution < 1.29 is 4.42 Å². The first-order valence-electron chi connectivity index (χ1n) is 4.35. The zero-order valence-corrected chi connectivity index (χ0v) is 9.46. The SMILES string of the molecule is Cc1cccc(-c2nnc(C(Cl)Cl)o2)c1. The summed E-state index contributed by atoms with van der Waals surface area (Å²) in [4.78, 5) is -0.781. The van der Waals surface area contributed by atoms with E-state index in [-0.39, 0.29) is 5.89 Å². The molecule has 0 fully saturated rings. The lowest BCUT2D eigenvalue weighted by Crippen LogP contribution is -1.79. The summed E-state index contributed by atoms with van der Waals surface area (Å²) in [5, 5.41) is 7.60.